The number of rotatable bonds is 6. The summed E-state index contributed by atoms with van der Waals surface area (Å²) in [4.78, 5) is 6.23. The van der Waals surface area contributed by atoms with E-state index in [0.717, 1.165) is 24.7 Å². The molecule has 1 saturated carbocycles. The summed E-state index contributed by atoms with van der Waals surface area (Å²) in [7, 11) is 3.67. The van der Waals surface area contributed by atoms with Crippen LogP contribution in [0.1, 0.15) is 41.8 Å². The van der Waals surface area contributed by atoms with Crippen molar-refractivity contribution in [1.29, 1.82) is 0 Å². The van der Waals surface area contributed by atoms with E-state index in [4.69, 9.17) is 0 Å². The van der Waals surface area contributed by atoms with Crippen LogP contribution in [0.3, 0.4) is 0 Å². The zero-order chi connectivity index (χ0) is 19.9. The van der Waals surface area contributed by atoms with Crippen LogP contribution in [0, 0.1) is 0 Å². The lowest BCUT2D eigenvalue weighted by Gasteiger charge is -2.26. The number of alkyl halides is 3. The Morgan fingerprint density at radius 2 is 2.04 bits per heavy atom. The van der Waals surface area contributed by atoms with E-state index in [1.807, 2.05) is 29.6 Å². The minimum Gasteiger partial charge on any atom is -0.365 e. The van der Waals surface area contributed by atoms with Crippen LogP contribution in [0.4, 0.5) is 19.0 Å². The minimum absolute atomic E-state index is 0.268. The van der Waals surface area contributed by atoms with Gasteiger partial charge < -0.3 is 10.2 Å². The molecule has 0 aliphatic heterocycles. The van der Waals surface area contributed by atoms with E-state index in [-0.39, 0.29) is 6.04 Å². The Balaban J connectivity index is 1.58. The first-order valence-electron chi connectivity index (χ1n) is 9.11. The summed E-state index contributed by atoms with van der Waals surface area (Å²) in [5.41, 5.74) is 0.564. The van der Waals surface area contributed by atoms with Crippen molar-refractivity contribution < 1.29 is 13.2 Å². The predicted molar refractivity (Wildman–Crippen MR) is 99.1 cm³/mol. The maximum absolute atomic E-state index is 13.1. The van der Waals surface area contributed by atoms with Gasteiger partial charge >= 0.3 is 6.18 Å². The summed E-state index contributed by atoms with van der Waals surface area (Å²) in [6, 6.07) is 5.16. The average Bonchev–Trinajstić information content (AvgIpc) is 3.40. The summed E-state index contributed by atoms with van der Waals surface area (Å²) < 4.78 is 41.2. The lowest BCUT2D eigenvalue weighted by atomic mass is 10.0. The van der Waals surface area contributed by atoms with Crippen LogP contribution in [0.25, 0.3) is 5.65 Å². The fraction of sp³-hybridized carbons (Fsp3) is 0.421. The number of fused-ring (bicyclic) bond motifs is 1. The third kappa shape index (κ3) is 3.66. The second kappa shape index (κ2) is 7.05. The Labute approximate surface area is 160 Å². The molecule has 28 heavy (non-hydrogen) atoms. The number of hydrogen-bond donors (Lipinski definition) is 1. The first-order valence-corrected chi connectivity index (χ1v) is 9.11. The van der Waals surface area contributed by atoms with Crippen molar-refractivity contribution in [3.63, 3.8) is 0 Å². The zero-order valence-electron chi connectivity index (χ0n) is 15.6. The Kier molecular flexibility index (Phi) is 4.70. The van der Waals surface area contributed by atoms with Gasteiger partial charge in [-0.3, -0.25) is 4.40 Å². The van der Waals surface area contributed by atoms with Gasteiger partial charge in [-0.25, -0.2) is 4.98 Å². The number of aromatic nitrogens is 4. The topological polar surface area (TPSA) is 58.4 Å². The van der Waals surface area contributed by atoms with Crippen molar-refractivity contribution in [2.24, 2.45) is 0 Å². The van der Waals surface area contributed by atoms with Crippen molar-refractivity contribution in [2.45, 2.75) is 31.0 Å². The number of anilines is 1. The van der Waals surface area contributed by atoms with Crippen LogP contribution < -0.4 is 5.32 Å². The van der Waals surface area contributed by atoms with Crippen LogP contribution in [0.5, 0.6) is 0 Å². The van der Waals surface area contributed by atoms with Gasteiger partial charge in [-0.2, -0.15) is 13.2 Å². The van der Waals surface area contributed by atoms with Gasteiger partial charge in [-0.05, 0) is 44.6 Å². The molecule has 1 atom stereocenters. The Hall–Kier alpha value is -2.68. The van der Waals surface area contributed by atoms with Gasteiger partial charge in [-0.1, -0.05) is 12.1 Å². The molecule has 6 nitrogen and oxygen atoms in total. The normalized spacial score (nSPS) is 15.9. The van der Waals surface area contributed by atoms with Crippen molar-refractivity contribution in [3.8, 4) is 0 Å². The number of hydrogen-bond acceptors (Lipinski definition) is 5. The molecule has 0 radical (unpaired) electrons. The molecule has 0 amide bonds. The molecule has 2 aromatic heterocycles. The number of benzene rings is 1. The molecule has 0 saturated heterocycles. The molecular formula is C19H21F3N6. The van der Waals surface area contributed by atoms with Crippen LogP contribution in [-0.4, -0.2) is 45.1 Å². The Morgan fingerprint density at radius 1 is 1.25 bits per heavy atom. The van der Waals surface area contributed by atoms with Gasteiger partial charge in [0, 0.05) is 24.9 Å². The predicted octanol–water partition coefficient (Wildman–Crippen LogP) is 3.74. The van der Waals surface area contributed by atoms with Gasteiger partial charge in [0.05, 0.1) is 11.6 Å². The number of nitrogens with zero attached hydrogens (tertiary/aromatic N) is 5. The van der Waals surface area contributed by atoms with E-state index in [9.17, 15) is 13.2 Å². The first kappa shape index (κ1) is 18.7. The summed E-state index contributed by atoms with van der Waals surface area (Å²) in [5, 5.41) is 11.8. The molecule has 148 valence electrons. The van der Waals surface area contributed by atoms with Crippen molar-refractivity contribution in [2.75, 3.05) is 26.0 Å². The van der Waals surface area contributed by atoms with Crippen molar-refractivity contribution in [3.05, 3.63) is 53.6 Å². The summed E-state index contributed by atoms with van der Waals surface area (Å²) in [6.45, 7) is 0.382. The van der Waals surface area contributed by atoms with E-state index < -0.39 is 11.7 Å². The fourth-order valence-electron chi connectivity index (χ4n) is 3.30. The number of likely N-dealkylation sites (N-methyl/N-ethyl adjacent to an activating group) is 1. The third-order valence-electron chi connectivity index (χ3n) is 4.98. The third-order valence-corrected chi connectivity index (χ3v) is 4.98. The molecule has 3 aromatic rings. The van der Waals surface area contributed by atoms with Gasteiger partial charge in [0.2, 0.25) is 5.65 Å². The Bertz CT molecular complexity index is 977. The summed E-state index contributed by atoms with van der Waals surface area (Å²) >= 11 is 0. The van der Waals surface area contributed by atoms with E-state index >= 15 is 0 Å². The highest BCUT2D eigenvalue weighted by Gasteiger charge is 2.31. The molecule has 4 rings (SSSR count). The highest BCUT2D eigenvalue weighted by Crippen LogP contribution is 2.39. The maximum atomic E-state index is 13.1. The minimum atomic E-state index is -4.37. The monoisotopic (exact) mass is 390 g/mol. The van der Waals surface area contributed by atoms with Gasteiger partial charge in [-0.15, -0.1) is 10.2 Å². The van der Waals surface area contributed by atoms with E-state index in [2.05, 4.69) is 20.5 Å². The first-order chi connectivity index (χ1) is 13.3. The van der Waals surface area contributed by atoms with Crippen LogP contribution in [0.15, 0.2) is 36.7 Å². The van der Waals surface area contributed by atoms with Crippen LogP contribution in [0.2, 0.25) is 0 Å². The van der Waals surface area contributed by atoms with Crippen molar-refractivity contribution >= 4 is 11.5 Å². The molecule has 1 fully saturated rings. The lowest BCUT2D eigenvalue weighted by molar-refractivity contribution is -0.137. The SMILES string of the molecule is CN(C)C(CNc1nccn2c(C3CC3)nnc12)c1cccc(C(F)(F)F)c1. The molecule has 9 heteroatoms. The maximum Gasteiger partial charge on any atom is 0.416 e. The molecule has 1 aliphatic rings. The Morgan fingerprint density at radius 3 is 2.71 bits per heavy atom. The fourth-order valence-corrected chi connectivity index (χ4v) is 3.30. The quantitative estimate of drug-likeness (QED) is 0.695. The van der Waals surface area contributed by atoms with E-state index in [1.54, 1.807) is 12.3 Å². The molecule has 1 unspecified atom stereocenters. The molecule has 1 N–H and O–H groups in total. The molecular weight excluding hydrogens is 369 g/mol. The molecule has 0 bridgehead atoms. The molecule has 2 heterocycles. The highest BCUT2D eigenvalue weighted by molar-refractivity contribution is 5.62. The average molecular weight is 390 g/mol. The number of nitrogens with one attached hydrogen (secondary N) is 1. The highest BCUT2D eigenvalue weighted by atomic mass is 19.4. The van der Waals surface area contributed by atoms with Gasteiger partial charge in [0.25, 0.3) is 0 Å². The van der Waals surface area contributed by atoms with Crippen LogP contribution >= 0.6 is 0 Å². The van der Waals surface area contributed by atoms with Gasteiger partial charge in [0.15, 0.2) is 5.82 Å². The van der Waals surface area contributed by atoms with E-state index in [0.29, 0.717) is 29.5 Å². The smallest absolute Gasteiger partial charge is 0.365 e. The number of halogens is 3. The van der Waals surface area contributed by atoms with Crippen LogP contribution in [-0.2, 0) is 6.18 Å². The van der Waals surface area contributed by atoms with Crippen molar-refractivity contribution in [1.82, 2.24) is 24.5 Å². The molecule has 1 aromatic carbocycles. The summed E-state index contributed by atoms with van der Waals surface area (Å²) in [6.07, 6.45) is 1.38. The van der Waals surface area contributed by atoms with Gasteiger partial charge in [0.1, 0.15) is 5.82 Å². The molecule has 0 spiro atoms. The standard InChI is InChI=1S/C19H21F3N6/c1-27(2)15(13-4-3-5-14(10-13)19(20,21)22)11-24-16-18-26-25-17(12-6-7-12)28(18)9-8-23-16/h3-5,8-10,12,15H,6-7,11H2,1-2H3,(H,23,24). The second-order valence-corrected chi connectivity index (χ2v) is 7.29. The lowest BCUT2D eigenvalue weighted by Crippen LogP contribution is -2.27. The van der Waals surface area contributed by atoms with E-state index in [1.165, 1.54) is 12.1 Å². The second-order valence-electron chi connectivity index (χ2n) is 7.29. The summed E-state index contributed by atoms with van der Waals surface area (Å²) in [5.74, 6) is 1.95. The zero-order valence-corrected chi connectivity index (χ0v) is 15.6. The largest absolute Gasteiger partial charge is 0.416 e. The molecule has 1 aliphatic carbocycles.